The summed E-state index contributed by atoms with van der Waals surface area (Å²) < 4.78 is 0. The highest BCUT2D eigenvalue weighted by Crippen LogP contribution is 2.30. The molecule has 2 rings (SSSR count). The van der Waals surface area contributed by atoms with Crippen LogP contribution in [0.15, 0.2) is 36.4 Å². The standard InChI is InChI=1S/C13H10N2O/c1-9-4-2-6-11(13(9)16)12-7-3-5-10(8-14)15-12/h2-7,16H,1H3. The molecule has 0 spiro atoms. The van der Waals surface area contributed by atoms with E-state index in [0.29, 0.717) is 17.0 Å². The van der Waals surface area contributed by atoms with E-state index in [4.69, 9.17) is 5.26 Å². The third-order valence-electron chi connectivity index (χ3n) is 2.38. The molecule has 1 aromatic heterocycles. The molecule has 0 bridgehead atoms. The lowest BCUT2D eigenvalue weighted by molar-refractivity contribution is 0.473. The second kappa shape index (κ2) is 4.03. The highest BCUT2D eigenvalue weighted by molar-refractivity contribution is 5.68. The Morgan fingerprint density at radius 3 is 2.69 bits per heavy atom. The lowest BCUT2D eigenvalue weighted by Gasteiger charge is -2.06. The number of rotatable bonds is 1. The minimum atomic E-state index is 0.213. The molecule has 0 saturated heterocycles. The van der Waals surface area contributed by atoms with E-state index in [9.17, 15) is 5.11 Å². The SMILES string of the molecule is Cc1cccc(-c2cccc(C#N)n2)c1O. The van der Waals surface area contributed by atoms with E-state index in [0.717, 1.165) is 5.56 Å². The zero-order valence-corrected chi connectivity index (χ0v) is 8.81. The zero-order valence-electron chi connectivity index (χ0n) is 8.81. The monoisotopic (exact) mass is 210 g/mol. The molecular formula is C13H10N2O. The molecule has 78 valence electrons. The molecule has 3 nitrogen and oxygen atoms in total. The number of benzene rings is 1. The molecule has 0 aliphatic rings. The van der Waals surface area contributed by atoms with Crippen molar-refractivity contribution >= 4 is 0 Å². The first-order valence-electron chi connectivity index (χ1n) is 4.88. The van der Waals surface area contributed by atoms with Crippen LogP contribution in [-0.2, 0) is 0 Å². The van der Waals surface area contributed by atoms with Crippen LogP contribution in [0.5, 0.6) is 5.75 Å². The Morgan fingerprint density at radius 2 is 1.94 bits per heavy atom. The van der Waals surface area contributed by atoms with Crippen molar-refractivity contribution in [2.75, 3.05) is 0 Å². The largest absolute Gasteiger partial charge is 0.507 e. The number of aromatic hydroxyl groups is 1. The van der Waals surface area contributed by atoms with Crippen LogP contribution in [0.4, 0.5) is 0 Å². The van der Waals surface area contributed by atoms with Gasteiger partial charge >= 0.3 is 0 Å². The van der Waals surface area contributed by atoms with Gasteiger partial charge in [-0.15, -0.1) is 0 Å². The highest BCUT2D eigenvalue weighted by Gasteiger charge is 2.07. The van der Waals surface area contributed by atoms with Gasteiger partial charge < -0.3 is 5.11 Å². The molecule has 0 aliphatic heterocycles. The average molecular weight is 210 g/mol. The molecule has 2 aromatic rings. The van der Waals surface area contributed by atoms with E-state index in [2.05, 4.69) is 4.98 Å². The summed E-state index contributed by atoms with van der Waals surface area (Å²) in [4.78, 5) is 4.14. The Hall–Kier alpha value is -2.34. The third-order valence-corrected chi connectivity index (χ3v) is 2.38. The molecule has 1 N–H and O–H groups in total. The van der Waals surface area contributed by atoms with E-state index in [1.54, 1.807) is 24.3 Å². The Labute approximate surface area is 93.6 Å². The summed E-state index contributed by atoms with van der Waals surface area (Å²) in [7, 11) is 0. The predicted molar refractivity (Wildman–Crippen MR) is 60.8 cm³/mol. The molecule has 0 fully saturated rings. The van der Waals surface area contributed by atoms with Crippen LogP contribution in [0.3, 0.4) is 0 Å². The summed E-state index contributed by atoms with van der Waals surface area (Å²) in [6.07, 6.45) is 0. The highest BCUT2D eigenvalue weighted by atomic mass is 16.3. The summed E-state index contributed by atoms with van der Waals surface area (Å²) >= 11 is 0. The van der Waals surface area contributed by atoms with Crippen molar-refractivity contribution in [3.05, 3.63) is 47.7 Å². The molecule has 0 saturated carbocycles. The summed E-state index contributed by atoms with van der Waals surface area (Å²) in [6.45, 7) is 1.83. The minimum Gasteiger partial charge on any atom is -0.507 e. The number of nitrogens with zero attached hydrogens (tertiary/aromatic N) is 2. The summed E-state index contributed by atoms with van der Waals surface area (Å²) in [5, 5.41) is 18.6. The van der Waals surface area contributed by atoms with E-state index in [1.165, 1.54) is 0 Å². The maximum absolute atomic E-state index is 9.89. The molecule has 3 heteroatoms. The first-order valence-corrected chi connectivity index (χ1v) is 4.88. The van der Waals surface area contributed by atoms with Gasteiger partial charge in [-0.2, -0.15) is 5.26 Å². The van der Waals surface area contributed by atoms with Crippen molar-refractivity contribution in [3.8, 4) is 23.1 Å². The van der Waals surface area contributed by atoms with Crippen LogP contribution in [0, 0.1) is 18.3 Å². The van der Waals surface area contributed by atoms with Gasteiger partial charge in [-0.1, -0.05) is 18.2 Å². The number of phenolic OH excluding ortho intramolecular Hbond substituents is 1. The van der Waals surface area contributed by atoms with E-state index in [-0.39, 0.29) is 5.75 Å². The predicted octanol–water partition coefficient (Wildman–Crippen LogP) is 2.63. The number of hydrogen-bond donors (Lipinski definition) is 1. The smallest absolute Gasteiger partial charge is 0.141 e. The van der Waals surface area contributed by atoms with Crippen LogP contribution >= 0.6 is 0 Å². The van der Waals surface area contributed by atoms with Gasteiger partial charge in [-0.25, -0.2) is 4.98 Å². The number of pyridine rings is 1. The fraction of sp³-hybridized carbons (Fsp3) is 0.0769. The van der Waals surface area contributed by atoms with E-state index < -0.39 is 0 Å². The third kappa shape index (κ3) is 1.73. The zero-order chi connectivity index (χ0) is 11.5. The van der Waals surface area contributed by atoms with Gasteiger partial charge in [0.05, 0.1) is 5.69 Å². The van der Waals surface area contributed by atoms with Gasteiger partial charge in [0.25, 0.3) is 0 Å². The summed E-state index contributed by atoms with van der Waals surface area (Å²) in [5.41, 5.74) is 2.40. The number of nitriles is 1. The first kappa shape index (κ1) is 10.2. The normalized spacial score (nSPS) is 9.75. The average Bonchev–Trinajstić information content (AvgIpc) is 2.33. The number of hydrogen-bond acceptors (Lipinski definition) is 3. The molecule has 0 amide bonds. The van der Waals surface area contributed by atoms with Crippen LogP contribution in [0.2, 0.25) is 0 Å². The molecule has 1 heterocycles. The second-order valence-corrected chi connectivity index (χ2v) is 3.49. The second-order valence-electron chi connectivity index (χ2n) is 3.49. The van der Waals surface area contributed by atoms with Gasteiger partial charge in [0.15, 0.2) is 0 Å². The van der Waals surface area contributed by atoms with Gasteiger partial charge in [-0.3, -0.25) is 0 Å². The minimum absolute atomic E-state index is 0.213. The quantitative estimate of drug-likeness (QED) is 0.787. The number of aryl methyl sites for hydroxylation is 1. The van der Waals surface area contributed by atoms with Gasteiger partial charge in [0, 0.05) is 5.56 Å². The lowest BCUT2D eigenvalue weighted by Crippen LogP contribution is -1.88. The Morgan fingerprint density at radius 1 is 1.19 bits per heavy atom. The molecule has 16 heavy (non-hydrogen) atoms. The number of para-hydroxylation sites is 1. The molecular weight excluding hydrogens is 200 g/mol. The maximum Gasteiger partial charge on any atom is 0.141 e. The fourth-order valence-electron chi connectivity index (χ4n) is 1.51. The van der Waals surface area contributed by atoms with Crippen molar-refractivity contribution in [1.29, 1.82) is 5.26 Å². The van der Waals surface area contributed by atoms with Crippen molar-refractivity contribution in [3.63, 3.8) is 0 Å². The van der Waals surface area contributed by atoms with Crippen molar-refractivity contribution in [2.45, 2.75) is 6.92 Å². The molecule has 0 aliphatic carbocycles. The fourth-order valence-corrected chi connectivity index (χ4v) is 1.51. The number of phenols is 1. The summed E-state index contributed by atoms with van der Waals surface area (Å²) in [6, 6.07) is 12.6. The van der Waals surface area contributed by atoms with Crippen molar-refractivity contribution in [1.82, 2.24) is 4.98 Å². The molecule has 0 unspecified atom stereocenters. The van der Waals surface area contributed by atoms with Crippen LogP contribution in [-0.4, -0.2) is 10.1 Å². The van der Waals surface area contributed by atoms with Gasteiger partial charge in [-0.05, 0) is 30.7 Å². The van der Waals surface area contributed by atoms with Crippen LogP contribution in [0.1, 0.15) is 11.3 Å². The van der Waals surface area contributed by atoms with Crippen LogP contribution in [0.25, 0.3) is 11.3 Å². The molecule has 0 radical (unpaired) electrons. The first-order chi connectivity index (χ1) is 7.72. The van der Waals surface area contributed by atoms with E-state index in [1.807, 2.05) is 25.1 Å². The lowest BCUT2D eigenvalue weighted by atomic mass is 10.1. The Kier molecular flexibility index (Phi) is 2.57. The maximum atomic E-state index is 9.89. The molecule has 1 aromatic carbocycles. The topological polar surface area (TPSA) is 56.9 Å². The number of aromatic nitrogens is 1. The Balaban J connectivity index is 2.59. The van der Waals surface area contributed by atoms with Gasteiger partial charge in [0.2, 0.25) is 0 Å². The van der Waals surface area contributed by atoms with Crippen molar-refractivity contribution in [2.24, 2.45) is 0 Å². The van der Waals surface area contributed by atoms with E-state index >= 15 is 0 Å². The van der Waals surface area contributed by atoms with Gasteiger partial charge in [0.1, 0.15) is 17.5 Å². The summed E-state index contributed by atoms with van der Waals surface area (Å²) in [5.74, 6) is 0.213. The molecule has 0 atom stereocenters. The Bertz CT molecular complexity index is 570. The van der Waals surface area contributed by atoms with Crippen molar-refractivity contribution < 1.29 is 5.11 Å². The van der Waals surface area contributed by atoms with Crippen LogP contribution < -0.4 is 0 Å².